The van der Waals surface area contributed by atoms with Crippen molar-refractivity contribution in [2.75, 3.05) is 13.2 Å². The molecule has 2 N–H and O–H groups in total. The third-order valence-corrected chi connectivity index (χ3v) is 10.9. The minimum absolute atomic E-state index is 0.0963. The fourth-order valence-corrected chi connectivity index (χ4v) is 7.24. The average molecular weight is 668 g/mol. The molecule has 0 spiro atoms. The summed E-state index contributed by atoms with van der Waals surface area (Å²) in [7, 11) is -1.33. The van der Waals surface area contributed by atoms with Crippen molar-refractivity contribution in [3.63, 3.8) is 0 Å². The van der Waals surface area contributed by atoms with Gasteiger partial charge in [-0.15, -0.1) is 0 Å². The van der Waals surface area contributed by atoms with Crippen LogP contribution in [0.25, 0.3) is 22.3 Å². The summed E-state index contributed by atoms with van der Waals surface area (Å²) < 4.78 is 28.7. The smallest absolute Gasteiger partial charge is 0.407 e. The Labute approximate surface area is 278 Å². The van der Waals surface area contributed by atoms with Crippen molar-refractivity contribution in [2.24, 2.45) is 5.92 Å². The minimum atomic E-state index is -1.33. The molecule has 47 heavy (non-hydrogen) atoms. The molecule has 5 rings (SSSR count). The van der Waals surface area contributed by atoms with E-state index in [1.54, 1.807) is 11.0 Å². The van der Waals surface area contributed by atoms with E-state index < -0.39 is 25.5 Å². The Kier molecular flexibility index (Phi) is 10.3. The van der Waals surface area contributed by atoms with E-state index in [0.29, 0.717) is 84.1 Å². The summed E-state index contributed by atoms with van der Waals surface area (Å²) in [5.74, 6) is 0.260. The van der Waals surface area contributed by atoms with E-state index in [4.69, 9.17) is 9.47 Å². The lowest BCUT2D eigenvalue weighted by Crippen LogP contribution is -2.53. The van der Waals surface area contributed by atoms with Crippen molar-refractivity contribution >= 4 is 31.1 Å². The van der Waals surface area contributed by atoms with Gasteiger partial charge in [0.25, 0.3) is 5.91 Å². The number of carboxylic acid groups (broad SMARTS) is 1. The molecular weight excluding hydrogens is 617 g/mol. The van der Waals surface area contributed by atoms with E-state index in [1.165, 1.54) is 18.5 Å². The van der Waals surface area contributed by atoms with Crippen molar-refractivity contribution in [1.82, 2.24) is 24.8 Å². The molecule has 3 aromatic rings. The molecule has 10 nitrogen and oxygen atoms in total. The monoisotopic (exact) mass is 667 g/mol. The summed E-state index contributed by atoms with van der Waals surface area (Å²) in [6, 6.07) is 5.27. The largest absolute Gasteiger partial charge is 0.492 e. The fourth-order valence-electron chi connectivity index (χ4n) is 6.49. The summed E-state index contributed by atoms with van der Waals surface area (Å²) in [5, 5.41) is 13.1. The number of nitrogens with zero attached hydrogens (tertiary/aromatic N) is 4. The molecule has 2 aromatic heterocycles. The van der Waals surface area contributed by atoms with Crippen LogP contribution in [0.4, 0.5) is 9.18 Å². The summed E-state index contributed by atoms with van der Waals surface area (Å²) >= 11 is 0. The maximum atomic E-state index is 14.4. The molecule has 0 unspecified atom stereocenters. The van der Waals surface area contributed by atoms with Gasteiger partial charge in [0.15, 0.2) is 0 Å². The Morgan fingerprint density at radius 1 is 1.11 bits per heavy atom. The molecule has 2 aliphatic rings. The highest BCUT2D eigenvalue weighted by molar-refractivity contribution is 6.76. The van der Waals surface area contributed by atoms with Gasteiger partial charge >= 0.3 is 6.09 Å². The number of rotatable bonds is 12. The SMILES string of the molecule is Cc1c(C(=O)NC2CCC(N(C(=O)O)C(C)(C)C)CC2)c2ncnc(-c3ccc(F)cc3OCC3CC3)c2n1COCC[Si](C)(C)C. The molecule has 0 bridgehead atoms. The van der Waals surface area contributed by atoms with Gasteiger partial charge < -0.3 is 29.4 Å². The highest BCUT2D eigenvalue weighted by Gasteiger charge is 2.36. The first-order valence-corrected chi connectivity index (χ1v) is 20.5. The lowest BCUT2D eigenvalue weighted by Gasteiger charge is -2.42. The van der Waals surface area contributed by atoms with Crippen LogP contribution in [0.3, 0.4) is 0 Å². The highest BCUT2D eigenvalue weighted by Crippen LogP contribution is 2.38. The maximum absolute atomic E-state index is 14.4. The third-order valence-electron chi connectivity index (χ3n) is 9.24. The van der Waals surface area contributed by atoms with E-state index in [-0.39, 0.29) is 24.7 Å². The molecule has 256 valence electrons. The Morgan fingerprint density at radius 3 is 2.43 bits per heavy atom. The highest BCUT2D eigenvalue weighted by atomic mass is 28.3. The number of carbonyl (C=O) groups excluding carboxylic acids is 1. The molecule has 0 saturated heterocycles. The van der Waals surface area contributed by atoms with Crippen LogP contribution in [-0.2, 0) is 11.5 Å². The third kappa shape index (κ3) is 8.32. The molecule has 2 heterocycles. The van der Waals surface area contributed by atoms with Gasteiger partial charge in [0.1, 0.15) is 35.8 Å². The average Bonchev–Trinajstić information content (AvgIpc) is 3.76. The van der Waals surface area contributed by atoms with Gasteiger partial charge in [-0.2, -0.15) is 0 Å². The normalized spacial score (nSPS) is 18.7. The van der Waals surface area contributed by atoms with Crippen LogP contribution in [0.15, 0.2) is 24.5 Å². The van der Waals surface area contributed by atoms with E-state index in [1.807, 2.05) is 32.3 Å². The first-order chi connectivity index (χ1) is 22.1. The number of hydrogen-bond acceptors (Lipinski definition) is 6. The summed E-state index contributed by atoms with van der Waals surface area (Å²) in [4.78, 5) is 36.9. The van der Waals surface area contributed by atoms with Gasteiger partial charge in [0, 0.05) is 49.6 Å². The zero-order valence-electron chi connectivity index (χ0n) is 28.9. The number of benzene rings is 1. The second-order valence-electron chi connectivity index (χ2n) is 15.4. The van der Waals surface area contributed by atoms with Gasteiger partial charge in [0.05, 0.1) is 17.7 Å². The molecule has 2 amide bonds. The number of amides is 2. The number of carbonyl (C=O) groups is 2. The molecule has 12 heteroatoms. The van der Waals surface area contributed by atoms with Gasteiger partial charge in [-0.25, -0.2) is 19.2 Å². The molecule has 2 saturated carbocycles. The Morgan fingerprint density at radius 2 is 1.81 bits per heavy atom. The standard InChI is InChI=1S/C35H50FN5O5Si/c1-22-29(33(42)39-25-11-13-26(14-12-25)41(34(43)44)35(2,3)4)31-32(40(22)21-45-16-17-47(5,6)7)30(37-20-38-31)27-15-10-24(36)18-28(27)46-19-23-8-9-23/h10,15,18,20,23,25-26H,8-9,11-14,16-17,19,21H2,1-7H3,(H,39,42)(H,43,44). The van der Waals surface area contributed by atoms with E-state index >= 15 is 0 Å². The molecule has 1 aromatic carbocycles. The van der Waals surface area contributed by atoms with Gasteiger partial charge in [-0.3, -0.25) is 4.79 Å². The quantitative estimate of drug-likeness (QED) is 0.152. The predicted molar refractivity (Wildman–Crippen MR) is 183 cm³/mol. The van der Waals surface area contributed by atoms with E-state index in [9.17, 15) is 19.1 Å². The first kappa shape index (κ1) is 34.8. The summed E-state index contributed by atoms with van der Waals surface area (Å²) in [6.45, 7) is 15.8. The Balaban J connectivity index is 1.46. The lowest BCUT2D eigenvalue weighted by atomic mass is 9.88. The van der Waals surface area contributed by atoms with Gasteiger partial charge in [0.2, 0.25) is 0 Å². The molecule has 0 radical (unpaired) electrons. The number of aromatic nitrogens is 3. The second-order valence-corrected chi connectivity index (χ2v) is 21.0. The minimum Gasteiger partial charge on any atom is -0.492 e. The van der Waals surface area contributed by atoms with Crippen LogP contribution >= 0.6 is 0 Å². The van der Waals surface area contributed by atoms with E-state index in [0.717, 1.165) is 18.9 Å². The summed E-state index contributed by atoms with van der Waals surface area (Å²) in [6.07, 6.45) is 5.41. The van der Waals surface area contributed by atoms with Crippen LogP contribution in [-0.4, -0.2) is 75.5 Å². The van der Waals surface area contributed by atoms with Crippen LogP contribution in [0, 0.1) is 18.7 Å². The van der Waals surface area contributed by atoms with Gasteiger partial charge in [-0.05, 0) is 90.3 Å². The fraction of sp³-hybridized carbons (Fsp3) is 0.600. The number of hydrogen-bond donors (Lipinski definition) is 2. The van der Waals surface area contributed by atoms with Crippen molar-refractivity contribution < 1.29 is 28.6 Å². The Hall–Kier alpha value is -3.51. The molecule has 2 aliphatic carbocycles. The number of halogens is 1. The zero-order valence-corrected chi connectivity index (χ0v) is 29.9. The Bertz CT molecular complexity index is 1600. The van der Waals surface area contributed by atoms with E-state index in [2.05, 4.69) is 34.9 Å². The molecule has 0 atom stereocenters. The molecule has 0 aliphatic heterocycles. The van der Waals surface area contributed by atoms with Crippen LogP contribution in [0.1, 0.15) is 75.3 Å². The van der Waals surface area contributed by atoms with Crippen LogP contribution < -0.4 is 10.1 Å². The number of nitrogens with one attached hydrogen (secondary N) is 1. The van der Waals surface area contributed by atoms with Crippen molar-refractivity contribution in [2.45, 2.75) is 116 Å². The second kappa shape index (κ2) is 13.9. The molecular formula is C35H50FN5O5Si. The van der Waals surface area contributed by atoms with Crippen molar-refractivity contribution in [3.8, 4) is 17.0 Å². The zero-order chi connectivity index (χ0) is 34.1. The molecule has 2 fully saturated rings. The number of ether oxygens (including phenoxy) is 2. The number of fused-ring (bicyclic) bond motifs is 1. The van der Waals surface area contributed by atoms with Crippen LogP contribution in [0.5, 0.6) is 5.75 Å². The van der Waals surface area contributed by atoms with Crippen molar-refractivity contribution in [1.29, 1.82) is 0 Å². The van der Waals surface area contributed by atoms with Crippen molar-refractivity contribution in [3.05, 3.63) is 41.6 Å². The predicted octanol–water partition coefficient (Wildman–Crippen LogP) is 7.47. The van der Waals surface area contributed by atoms with Crippen LogP contribution in [0.2, 0.25) is 25.7 Å². The topological polar surface area (TPSA) is 119 Å². The lowest BCUT2D eigenvalue weighted by molar-refractivity contribution is 0.0519. The van der Waals surface area contributed by atoms with Gasteiger partial charge in [-0.1, -0.05) is 19.6 Å². The first-order valence-electron chi connectivity index (χ1n) is 16.8. The maximum Gasteiger partial charge on any atom is 0.407 e. The summed E-state index contributed by atoms with van der Waals surface area (Å²) in [5.41, 5.74) is 2.96.